The van der Waals surface area contributed by atoms with E-state index in [4.69, 9.17) is 6.57 Å². The Morgan fingerprint density at radius 1 is 1.28 bits per heavy atom. The number of benzene rings is 1. The number of amides is 1. The summed E-state index contributed by atoms with van der Waals surface area (Å²) in [6.45, 7) is 6.28. The van der Waals surface area contributed by atoms with Crippen molar-refractivity contribution in [3.63, 3.8) is 0 Å². The van der Waals surface area contributed by atoms with Gasteiger partial charge in [-0.1, -0.05) is 10.9 Å². The van der Waals surface area contributed by atoms with Crippen LogP contribution < -0.4 is 10.0 Å². The molecule has 2 bridgehead atoms. The number of amidine groups is 1. The zero-order chi connectivity index (χ0) is 27.7. The maximum Gasteiger partial charge on any atom is 0.371 e. The molecule has 7 rings (SSSR count). The van der Waals surface area contributed by atoms with E-state index >= 15 is 0 Å². The lowest BCUT2D eigenvalue weighted by Crippen LogP contribution is -2.67. The van der Waals surface area contributed by atoms with E-state index in [2.05, 4.69) is 19.3 Å². The van der Waals surface area contributed by atoms with Crippen LogP contribution >= 0.6 is 11.3 Å². The van der Waals surface area contributed by atoms with Crippen LogP contribution in [0.4, 0.5) is 11.4 Å². The first kappa shape index (κ1) is 25.8. The van der Waals surface area contributed by atoms with Crippen LogP contribution in [0.15, 0.2) is 56.3 Å². The predicted molar refractivity (Wildman–Crippen MR) is 148 cm³/mol. The molecule has 1 amide bonds. The number of nitrogens with one attached hydrogen (secondary N) is 2. The van der Waals surface area contributed by atoms with Gasteiger partial charge in [0, 0.05) is 10.6 Å². The normalized spacial score (nSPS) is 29.1. The van der Waals surface area contributed by atoms with Crippen LogP contribution in [0.1, 0.15) is 30.6 Å². The molecular formula is C25H26N5O6S3+. The summed E-state index contributed by atoms with van der Waals surface area (Å²) in [5.74, 6) is -1.80. The van der Waals surface area contributed by atoms with Crippen molar-refractivity contribution < 1.29 is 26.7 Å². The number of sulfonamides is 2. The first-order valence-electron chi connectivity index (χ1n) is 12.4. The van der Waals surface area contributed by atoms with E-state index < -0.39 is 37.5 Å². The topological polar surface area (TPSA) is 150 Å². The smallest absolute Gasteiger partial charge is 0.371 e. The third-order valence-electron chi connectivity index (χ3n) is 8.11. The lowest BCUT2D eigenvalue weighted by atomic mass is 9.55. The van der Waals surface area contributed by atoms with Crippen LogP contribution in [0.2, 0.25) is 0 Å². The molecule has 204 valence electrons. The first-order valence-corrected chi connectivity index (χ1v) is 16.6. The molecule has 2 aliphatic heterocycles. The van der Waals surface area contributed by atoms with Gasteiger partial charge in [-0.2, -0.15) is 8.42 Å². The van der Waals surface area contributed by atoms with Gasteiger partial charge < -0.3 is 10.4 Å². The van der Waals surface area contributed by atoms with E-state index in [1.807, 2.05) is 17.5 Å². The van der Waals surface area contributed by atoms with E-state index in [-0.39, 0.29) is 51.8 Å². The van der Waals surface area contributed by atoms with Crippen molar-refractivity contribution in [1.29, 1.82) is 0 Å². The summed E-state index contributed by atoms with van der Waals surface area (Å²) >= 11 is 1.47. The third kappa shape index (κ3) is 4.02. The minimum Gasteiger partial charge on any atom is -0.511 e. The van der Waals surface area contributed by atoms with Gasteiger partial charge in [-0.15, -0.1) is 15.7 Å². The maximum absolute atomic E-state index is 14.2. The Morgan fingerprint density at radius 2 is 2.03 bits per heavy atom. The zero-order valence-corrected chi connectivity index (χ0v) is 23.3. The quantitative estimate of drug-likeness (QED) is 0.483. The summed E-state index contributed by atoms with van der Waals surface area (Å²) in [5, 5.41) is 16.5. The van der Waals surface area contributed by atoms with Crippen molar-refractivity contribution in [3.05, 3.63) is 56.8 Å². The minimum absolute atomic E-state index is 0.00828. The van der Waals surface area contributed by atoms with Gasteiger partial charge in [0.25, 0.3) is 22.5 Å². The molecule has 1 aromatic heterocycles. The summed E-state index contributed by atoms with van der Waals surface area (Å²) in [7, 11) is -8.01. The molecule has 2 aromatic rings. The Morgan fingerprint density at radius 3 is 2.67 bits per heavy atom. The number of aliphatic hydroxyl groups is 1. The number of rotatable bonds is 5. The van der Waals surface area contributed by atoms with Crippen LogP contribution in [-0.2, 0) is 31.4 Å². The molecule has 3 heterocycles. The summed E-state index contributed by atoms with van der Waals surface area (Å²) in [5.41, 5.74) is -1.22. The molecule has 39 heavy (non-hydrogen) atoms. The lowest BCUT2D eigenvalue weighted by Gasteiger charge is -2.53. The van der Waals surface area contributed by atoms with Crippen LogP contribution in [0.3, 0.4) is 0 Å². The molecule has 3 N–H and O–H groups in total. The Hall–Kier alpha value is -3.41. The second-order valence-corrected chi connectivity index (χ2v) is 14.7. The molecule has 3 fully saturated rings. The van der Waals surface area contributed by atoms with Crippen molar-refractivity contribution in [2.45, 2.75) is 42.8 Å². The first-order chi connectivity index (χ1) is 18.4. The fourth-order valence-electron chi connectivity index (χ4n) is 6.63. The predicted octanol–water partition coefficient (Wildman–Crippen LogP) is 3.58. The molecule has 0 unspecified atom stereocenters. The van der Waals surface area contributed by atoms with Gasteiger partial charge >= 0.3 is 5.66 Å². The van der Waals surface area contributed by atoms with Gasteiger partial charge in [-0.3, -0.25) is 14.4 Å². The number of carbonyl (C=O) groups is 1. The standard InChI is InChI=1S/C25H25N5O6S3/c1-26-25-15-7-5-14(6-8-15)21(25)22(31)20(24(32)30(25)13-17-4-3-11-37-17)23-27-18-10-9-16(28-38(2,33)34)12-19(18)39(35,36)29-23/h1,3-4,9-12,14-15,21,28H,5-8,13H2,2H3,(H-,27,29,31,32)/p+1/t14?,15?,21-,25-/m0/s1. The molecule has 11 nitrogen and oxygen atoms in total. The minimum atomic E-state index is -4.36. The van der Waals surface area contributed by atoms with Crippen LogP contribution in [0, 0.1) is 24.3 Å². The average Bonchev–Trinajstić information content (AvgIpc) is 3.39. The second-order valence-electron chi connectivity index (χ2n) is 10.4. The van der Waals surface area contributed by atoms with Gasteiger partial charge in [0.05, 0.1) is 24.4 Å². The molecule has 0 spiro atoms. The zero-order valence-electron chi connectivity index (χ0n) is 20.9. The number of carbonyl (C=O) groups excluding carboxylic acids is 1. The van der Waals surface area contributed by atoms with E-state index in [9.17, 15) is 26.7 Å². The fourth-order valence-corrected chi connectivity index (χ4v) is 9.03. The second kappa shape index (κ2) is 8.80. The molecule has 0 radical (unpaired) electrons. The number of aliphatic hydroxyl groups excluding tert-OH is 1. The van der Waals surface area contributed by atoms with E-state index in [0.717, 1.165) is 42.9 Å². The monoisotopic (exact) mass is 588 g/mol. The highest BCUT2D eigenvalue weighted by molar-refractivity contribution is 7.92. The van der Waals surface area contributed by atoms with Crippen molar-refractivity contribution in [2.24, 2.45) is 22.2 Å². The Balaban J connectivity index is 1.48. The molecular weight excluding hydrogens is 563 g/mol. The van der Waals surface area contributed by atoms with Crippen LogP contribution in [0.5, 0.6) is 0 Å². The molecule has 2 atom stereocenters. The average molecular weight is 589 g/mol. The van der Waals surface area contributed by atoms with Crippen LogP contribution in [-0.4, -0.2) is 50.5 Å². The lowest BCUT2D eigenvalue weighted by molar-refractivity contribution is -0.150. The van der Waals surface area contributed by atoms with E-state index in [1.54, 1.807) is 4.90 Å². The molecule has 3 aliphatic carbocycles. The highest BCUT2D eigenvalue weighted by Gasteiger charge is 2.72. The van der Waals surface area contributed by atoms with Crippen LogP contribution in [0.25, 0.3) is 4.85 Å². The van der Waals surface area contributed by atoms with Crippen molar-refractivity contribution in [3.8, 4) is 6.57 Å². The summed E-state index contributed by atoms with van der Waals surface area (Å²) in [6, 6.07) is 7.70. The number of thiophene rings is 1. The molecule has 3 saturated carbocycles. The van der Waals surface area contributed by atoms with Gasteiger partial charge in [-0.05, 0) is 61.2 Å². The molecule has 0 saturated heterocycles. The van der Waals surface area contributed by atoms with Gasteiger partial charge in [0.2, 0.25) is 10.0 Å². The Bertz CT molecular complexity index is 1700. The number of hydrogen-bond donors (Lipinski definition) is 3. The number of hydrogen-bond acceptors (Lipinski definition) is 8. The molecule has 5 aliphatic rings. The van der Waals surface area contributed by atoms with Gasteiger partial charge in [-0.25, -0.2) is 8.42 Å². The van der Waals surface area contributed by atoms with Crippen molar-refractivity contribution in [2.75, 3.05) is 16.3 Å². The summed E-state index contributed by atoms with van der Waals surface area (Å²) < 4.78 is 55.9. The molecule has 1 aromatic carbocycles. The van der Waals surface area contributed by atoms with Crippen molar-refractivity contribution in [1.82, 2.24) is 4.90 Å². The maximum atomic E-state index is 14.2. The summed E-state index contributed by atoms with van der Waals surface area (Å²) in [4.78, 5) is 20.7. The largest absolute Gasteiger partial charge is 0.511 e. The number of nitrogens with zero attached hydrogens (tertiary/aromatic N) is 3. The number of fused-ring (bicyclic) bond motifs is 3. The SMILES string of the molecule is C#[N+][C@]12C3CCC(CC3)[C@H]1C(O)=C(C1=NS(=O)(=O)c3cc(NS(C)(=O)=O)ccc3N1)C(=O)N2Cc1cccs1. The highest BCUT2D eigenvalue weighted by atomic mass is 32.2. The summed E-state index contributed by atoms with van der Waals surface area (Å²) in [6.07, 6.45) is 4.27. The fraction of sp³-hybridized carbons (Fsp3) is 0.400. The van der Waals surface area contributed by atoms with Gasteiger partial charge in [0.15, 0.2) is 5.84 Å². The highest BCUT2D eigenvalue weighted by Crippen LogP contribution is 2.59. The third-order valence-corrected chi connectivity index (χ3v) is 10.9. The van der Waals surface area contributed by atoms with E-state index in [1.165, 1.54) is 23.5 Å². The van der Waals surface area contributed by atoms with E-state index in [0.29, 0.717) is 0 Å². The van der Waals surface area contributed by atoms with Crippen molar-refractivity contribution >= 4 is 54.5 Å². The number of anilines is 2. The molecule has 14 heteroatoms. The Kier molecular flexibility index (Phi) is 5.83. The van der Waals surface area contributed by atoms with Gasteiger partial charge in [0.1, 0.15) is 22.1 Å². The Labute approximate surface area is 230 Å².